The van der Waals surface area contributed by atoms with E-state index in [-0.39, 0.29) is 23.4 Å². The highest BCUT2D eigenvalue weighted by molar-refractivity contribution is 7.89. The van der Waals surface area contributed by atoms with Gasteiger partial charge in [-0.2, -0.15) is 4.72 Å². The first-order chi connectivity index (χ1) is 19.6. The number of benzene rings is 3. The number of nitrogens with zero attached hydrogens (tertiary/aromatic N) is 3. The number of sulfonamides is 1. The van der Waals surface area contributed by atoms with E-state index in [0.717, 1.165) is 18.1 Å². The fraction of sp³-hybridized carbons (Fsp3) is 0.276. The predicted molar refractivity (Wildman–Crippen MR) is 153 cm³/mol. The van der Waals surface area contributed by atoms with Gasteiger partial charge in [-0.25, -0.2) is 13.4 Å². The molecule has 41 heavy (non-hydrogen) atoms. The van der Waals surface area contributed by atoms with Crippen LogP contribution in [0.15, 0.2) is 88.8 Å². The lowest BCUT2D eigenvalue weighted by molar-refractivity contribution is -0.385. The maximum atomic E-state index is 14.0. The smallest absolute Gasteiger partial charge is 0.272 e. The van der Waals surface area contributed by atoms with Gasteiger partial charge in [-0.15, -0.1) is 0 Å². The number of hydrogen-bond donors (Lipinski definition) is 2. The Balaban J connectivity index is 1.51. The number of anilines is 1. The van der Waals surface area contributed by atoms with Gasteiger partial charge >= 0.3 is 0 Å². The molecule has 1 aliphatic heterocycles. The minimum atomic E-state index is -4.34. The highest BCUT2D eigenvalue weighted by Gasteiger charge is 2.45. The zero-order chi connectivity index (χ0) is 29.2. The van der Waals surface area contributed by atoms with Gasteiger partial charge in [0.2, 0.25) is 22.1 Å². The van der Waals surface area contributed by atoms with Crippen LogP contribution in [0.4, 0.5) is 11.4 Å². The summed E-state index contributed by atoms with van der Waals surface area (Å²) >= 11 is 0. The van der Waals surface area contributed by atoms with Crippen molar-refractivity contribution in [2.45, 2.75) is 48.7 Å². The molecule has 3 aromatic carbocycles. The molecule has 1 heterocycles. The monoisotopic (exact) mass is 575 g/mol. The van der Waals surface area contributed by atoms with E-state index in [1.54, 1.807) is 13.1 Å². The zero-order valence-electron chi connectivity index (χ0n) is 22.3. The standard InChI is InChI=1S/C29H29N5O6S/c1-33-24-16-7-6-15-23(24)25(20-11-4-2-5-12-20)30-26(27(33)35)31-28(36)29(17-8-3-9-18-29)32-41(39,40)22-14-10-13-21(19-22)34(37)38/h2,4-7,10-16,19,26,32H,3,8-9,17-18H2,1H3,(H,31,36). The molecule has 0 saturated heterocycles. The predicted octanol–water partition coefficient (Wildman–Crippen LogP) is 3.53. The summed E-state index contributed by atoms with van der Waals surface area (Å²) in [6.45, 7) is 0. The summed E-state index contributed by atoms with van der Waals surface area (Å²) in [6.07, 6.45) is 1.03. The number of carbonyl (C=O) groups excluding carboxylic acids is 2. The average Bonchev–Trinajstić information content (AvgIpc) is 3.08. The van der Waals surface area contributed by atoms with E-state index in [4.69, 9.17) is 4.99 Å². The fourth-order valence-electron chi connectivity index (χ4n) is 5.32. The van der Waals surface area contributed by atoms with Crippen molar-refractivity contribution in [3.05, 3.63) is 100 Å². The van der Waals surface area contributed by atoms with Gasteiger partial charge < -0.3 is 10.2 Å². The minimum absolute atomic E-state index is 0.194. The molecule has 3 aromatic rings. The van der Waals surface area contributed by atoms with Crippen LogP contribution in [0.3, 0.4) is 0 Å². The number of amides is 2. The summed E-state index contributed by atoms with van der Waals surface area (Å²) in [7, 11) is -2.73. The van der Waals surface area contributed by atoms with Crippen molar-refractivity contribution in [1.82, 2.24) is 10.0 Å². The molecule has 0 radical (unpaired) electrons. The van der Waals surface area contributed by atoms with E-state index < -0.39 is 38.5 Å². The van der Waals surface area contributed by atoms with Gasteiger partial charge in [-0.1, -0.05) is 73.9 Å². The molecule has 1 atom stereocenters. The quantitative estimate of drug-likeness (QED) is 0.325. The zero-order valence-corrected chi connectivity index (χ0v) is 23.1. The molecular weight excluding hydrogens is 546 g/mol. The Morgan fingerprint density at radius 1 is 1.00 bits per heavy atom. The number of nitro groups is 1. The Labute approximate surface area is 237 Å². The molecule has 11 nitrogen and oxygen atoms in total. The van der Waals surface area contributed by atoms with Gasteiger partial charge in [-0.3, -0.25) is 19.7 Å². The number of nitrogens with one attached hydrogen (secondary N) is 2. The minimum Gasteiger partial charge on any atom is -0.325 e. The second-order valence-corrected chi connectivity index (χ2v) is 11.8. The molecule has 1 fully saturated rings. The van der Waals surface area contributed by atoms with Gasteiger partial charge in [-0.05, 0) is 25.0 Å². The fourth-order valence-corrected chi connectivity index (χ4v) is 6.78. The molecular formula is C29H29N5O6S. The van der Waals surface area contributed by atoms with Crippen LogP contribution in [-0.2, 0) is 19.6 Å². The van der Waals surface area contributed by atoms with Crippen molar-refractivity contribution in [3.63, 3.8) is 0 Å². The molecule has 1 saturated carbocycles. The van der Waals surface area contributed by atoms with Crippen molar-refractivity contribution in [3.8, 4) is 0 Å². The molecule has 0 aromatic heterocycles. The Morgan fingerprint density at radius 3 is 2.39 bits per heavy atom. The topological polar surface area (TPSA) is 151 Å². The van der Waals surface area contributed by atoms with Crippen LogP contribution in [-0.4, -0.2) is 49.6 Å². The van der Waals surface area contributed by atoms with Gasteiger partial charge in [0, 0.05) is 30.3 Å². The SMILES string of the molecule is CN1C(=O)C(NC(=O)C2(NS(=O)(=O)c3cccc([N+](=O)[O-])c3)CCCCC2)N=C(c2ccccc2)c2ccccc21. The third-order valence-electron chi connectivity index (χ3n) is 7.47. The third-order valence-corrected chi connectivity index (χ3v) is 9.00. The second-order valence-electron chi connectivity index (χ2n) is 10.1. The van der Waals surface area contributed by atoms with Crippen LogP contribution in [0.1, 0.15) is 43.2 Å². The average molecular weight is 576 g/mol. The Morgan fingerprint density at radius 2 is 1.68 bits per heavy atom. The number of fused-ring (bicyclic) bond motifs is 1. The molecule has 0 spiro atoms. The third kappa shape index (κ3) is 5.61. The van der Waals surface area contributed by atoms with Crippen LogP contribution in [0, 0.1) is 10.1 Å². The Bertz CT molecular complexity index is 1630. The molecule has 2 N–H and O–H groups in total. The number of carbonyl (C=O) groups is 2. The molecule has 1 unspecified atom stereocenters. The van der Waals surface area contributed by atoms with E-state index in [1.165, 1.54) is 23.1 Å². The van der Waals surface area contributed by atoms with Gasteiger partial charge in [0.1, 0.15) is 5.54 Å². The lowest BCUT2D eigenvalue weighted by Gasteiger charge is -2.37. The van der Waals surface area contributed by atoms with Crippen molar-refractivity contribution in [2.75, 3.05) is 11.9 Å². The van der Waals surface area contributed by atoms with Crippen molar-refractivity contribution < 1.29 is 22.9 Å². The first-order valence-corrected chi connectivity index (χ1v) is 14.7. The highest BCUT2D eigenvalue weighted by Crippen LogP contribution is 2.32. The number of rotatable bonds is 7. The second kappa shape index (κ2) is 11.2. The molecule has 1 aliphatic carbocycles. The lowest BCUT2D eigenvalue weighted by atomic mass is 9.82. The van der Waals surface area contributed by atoms with Crippen LogP contribution in [0.5, 0.6) is 0 Å². The number of aliphatic imine (C=N–C) groups is 1. The molecule has 2 aliphatic rings. The number of benzodiazepines with no additional fused rings is 1. The summed E-state index contributed by atoms with van der Waals surface area (Å²) in [5, 5.41) is 14.0. The van der Waals surface area contributed by atoms with E-state index in [9.17, 15) is 28.1 Å². The molecule has 0 bridgehead atoms. The van der Waals surface area contributed by atoms with Crippen molar-refractivity contribution >= 4 is 38.9 Å². The van der Waals surface area contributed by atoms with Crippen LogP contribution in [0.2, 0.25) is 0 Å². The number of likely N-dealkylation sites (N-methyl/N-ethyl adjacent to an activating group) is 1. The van der Waals surface area contributed by atoms with Crippen LogP contribution in [0.25, 0.3) is 0 Å². The molecule has 12 heteroatoms. The largest absolute Gasteiger partial charge is 0.325 e. The normalized spacial score (nSPS) is 18.6. The van der Waals surface area contributed by atoms with E-state index in [2.05, 4.69) is 10.0 Å². The maximum Gasteiger partial charge on any atom is 0.272 e. The summed E-state index contributed by atoms with van der Waals surface area (Å²) in [5.41, 5.74) is 0.646. The van der Waals surface area contributed by atoms with Gasteiger partial charge in [0.25, 0.3) is 11.6 Å². The van der Waals surface area contributed by atoms with Crippen molar-refractivity contribution in [2.24, 2.45) is 4.99 Å². The van der Waals surface area contributed by atoms with Crippen molar-refractivity contribution in [1.29, 1.82) is 0 Å². The maximum absolute atomic E-state index is 14.0. The molecule has 212 valence electrons. The summed E-state index contributed by atoms with van der Waals surface area (Å²) in [4.78, 5) is 44.0. The van der Waals surface area contributed by atoms with Crippen LogP contribution < -0.4 is 14.9 Å². The summed E-state index contributed by atoms with van der Waals surface area (Å²) in [5.74, 6) is -1.16. The number of para-hydroxylation sites is 1. The molecule has 5 rings (SSSR count). The number of non-ortho nitro benzene ring substituents is 1. The Kier molecular flexibility index (Phi) is 7.70. The lowest BCUT2D eigenvalue weighted by Crippen LogP contribution is -2.62. The number of hydrogen-bond acceptors (Lipinski definition) is 7. The van der Waals surface area contributed by atoms with Crippen LogP contribution >= 0.6 is 0 Å². The first kappa shape index (κ1) is 28.1. The highest BCUT2D eigenvalue weighted by atomic mass is 32.2. The van der Waals surface area contributed by atoms with Gasteiger partial charge in [0.15, 0.2) is 0 Å². The Hall–Kier alpha value is -4.42. The van der Waals surface area contributed by atoms with Gasteiger partial charge in [0.05, 0.1) is 21.2 Å². The summed E-state index contributed by atoms with van der Waals surface area (Å²) < 4.78 is 29.4. The number of nitro benzene ring substituents is 1. The van der Waals surface area contributed by atoms with E-state index in [1.807, 2.05) is 48.5 Å². The van der Waals surface area contributed by atoms with E-state index >= 15 is 0 Å². The summed E-state index contributed by atoms with van der Waals surface area (Å²) in [6, 6.07) is 21.2. The molecule has 2 amide bonds. The first-order valence-electron chi connectivity index (χ1n) is 13.2. The van der Waals surface area contributed by atoms with E-state index in [0.29, 0.717) is 29.8 Å².